The SMILES string of the molecule is COc1cccc(C[C@@H](C)C(=O)Nc2ccc3nc(-c4cscn4)[nH]c3c2)c1. The van der Waals surface area contributed by atoms with Gasteiger partial charge in [0.2, 0.25) is 5.91 Å². The number of aromatic amines is 1. The summed E-state index contributed by atoms with van der Waals surface area (Å²) in [4.78, 5) is 24.7. The maximum absolute atomic E-state index is 12.6. The van der Waals surface area contributed by atoms with Crippen molar-refractivity contribution in [2.45, 2.75) is 13.3 Å². The number of H-pyrrole nitrogens is 1. The highest BCUT2D eigenvalue weighted by Crippen LogP contribution is 2.23. The summed E-state index contributed by atoms with van der Waals surface area (Å²) >= 11 is 1.53. The van der Waals surface area contributed by atoms with Crippen molar-refractivity contribution in [3.8, 4) is 17.3 Å². The number of amides is 1. The number of nitrogens with zero attached hydrogens (tertiary/aromatic N) is 2. The van der Waals surface area contributed by atoms with Gasteiger partial charge in [-0.3, -0.25) is 4.79 Å². The van der Waals surface area contributed by atoms with Gasteiger partial charge >= 0.3 is 0 Å². The maximum atomic E-state index is 12.6. The predicted molar refractivity (Wildman–Crippen MR) is 112 cm³/mol. The van der Waals surface area contributed by atoms with E-state index in [4.69, 9.17) is 4.74 Å². The molecule has 2 heterocycles. The van der Waals surface area contributed by atoms with Crippen LogP contribution in [0.25, 0.3) is 22.6 Å². The van der Waals surface area contributed by atoms with Gasteiger partial charge in [0.05, 0.1) is 23.7 Å². The monoisotopic (exact) mass is 392 g/mol. The Balaban J connectivity index is 1.46. The fraction of sp³-hybridized carbons (Fsp3) is 0.190. The predicted octanol–water partition coefficient (Wildman–Crippen LogP) is 4.51. The molecule has 4 rings (SSSR count). The largest absolute Gasteiger partial charge is 0.497 e. The molecular formula is C21H20N4O2S. The van der Waals surface area contributed by atoms with Gasteiger partial charge in [0.1, 0.15) is 11.4 Å². The van der Waals surface area contributed by atoms with Gasteiger partial charge in [0.15, 0.2) is 5.82 Å². The molecule has 0 radical (unpaired) electrons. The normalized spacial score (nSPS) is 12.1. The van der Waals surface area contributed by atoms with Crippen LogP contribution in [-0.2, 0) is 11.2 Å². The van der Waals surface area contributed by atoms with E-state index in [0.29, 0.717) is 6.42 Å². The number of methoxy groups -OCH3 is 1. The summed E-state index contributed by atoms with van der Waals surface area (Å²) in [6.45, 7) is 1.92. The van der Waals surface area contributed by atoms with Crippen molar-refractivity contribution in [2.24, 2.45) is 5.92 Å². The summed E-state index contributed by atoms with van der Waals surface area (Å²) in [5, 5.41) is 4.94. The number of anilines is 1. The number of thiazole rings is 1. The molecule has 1 atom stereocenters. The summed E-state index contributed by atoms with van der Waals surface area (Å²) in [7, 11) is 1.64. The molecule has 6 nitrogen and oxygen atoms in total. The smallest absolute Gasteiger partial charge is 0.227 e. The molecule has 0 unspecified atom stereocenters. The van der Waals surface area contributed by atoms with Gasteiger partial charge in [0, 0.05) is 17.0 Å². The lowest BCUT2D eigenvalue weighted by Gasteiger charge is -2.13. The molecule has 2 N–H and O–H groups in total. The third-order valence-corrected chi connectivity index (χ3v) is 5.13. The van der Waals surface area contributed by atoms with Crippen LogP contribution in [0.3, 0.4) is 0 Å². The van der Waals surface area contributed by atoms with Crippen molar-refractivity contribution in [3.63, 3.8) is 0 Å². The molecule has 2 aromatic carbocycles. The van der Waals surface area contributed by atoms with Crippen molar-refractivity contribution in [3.05, 3.63) is 58.9 Å². The molecular weight excluding hydrogens is 372 g/mol. The van der Waals surface area contributed by atoms with E-state index in [-0.39, 0.29) is 11.8 Å². The Morgan fingerprint density at radius 1 is 1.29 bits per heavy atom. The van der Waals surface area contributed by atoms with E-state index in [2.05, 4.69) is 20.3 Å². The zero-order valence-electron chi connectivity index (χ0n) is 15.6. The first kappa shape index (κ1) is 18.2. The number of rotatable bonds is 6. The minimum atomic E-state index is -0.171. The number of imidazole rings is 1. The van der Waals surface area contributed by atoms with Crippen molar-refractivity contribution in [1.29, 1.82) is 0 Å². The van der Waals surface area contributed by atoms with Gasteiger partial charge in [-0.2, -0.15) is 0 Å². The molecule has 0 aliphatic rings. The second-order valence-corrected chi connectivity index (χ2v) is 7.36. The fourth-order valence-corrected chi connectivity index (χ4v) is 3.59. The van der Waals surface area contributed by atoms with E-state index in [1.165, 1.54) is 11.3 Å². The molecule has 4 aromatic rings. The van der Waals surface area contributed by atoms with Gasteiger partial charge in [-0.25, -0.2) is 9.97 Å². The number of hydrogen-bond donors (Lipinski definition) is 2. The average molecular weight is 392 g/mol. The second kappa shape index (κ2) is 7.82. The number of aromatic nitrogens is 3. The third-order valence-electron chi connectivity index (χ3n) is 4.55. The number of nitrogens with one attached hydrogen (secondary N) is 2. The average Bonchev–Trinajstić information content (AvgIpc) is 3.37. The van der Waals surface area contributed by atoms with Gasteiger partial charge in [-0.05, 0) is 42.3 Å². The Morgan fingerprint density at radius 2 is 2.18 bits per heavy atom. The van der Waals surface area contributed by atoms with Crippen molar-refractivity contribution in [2.75, 3.05) is 12.4 Å². The molecule has 0 aliphatic carbocycles. The number of carbonyl (C=O) groups is 1. The van der Waals surface area contributed by atoms with E-state index in [0.717, 1.165) is 39.6 Å². The summed E-state index contributed by atoms with van der Waals surface area (Å²) in [5.74, 6) is 1.33. The molecule has 0 aliphatic heterocycles. The van der Waals surface area contributed by atoms with Crippen LogP contribution in [0.5, 0.6) is 5.75 Å². The van der Waals surface area contributed by atoms with E-state index < -0.39 is 0 Å². The molecule has 0 fully saturated rings. The third kappa shape index (κ3) is 3.89. The topological polar surface area (TPSA) is 79.9 Å². The summed E-state index contributed by atoms with van der Waals surface area (Å²) in [5.41, 5.74) is 6.10. The number of hydrogen-bond acceptors (Lipinski definition) is 5. The zero-order valence-corrected chi connectivity index (χ0v) is 16.4. The Hall–Kier alpha value is -3.19. The lowest BCUT2D eigenvalue weighted by molar-refractivity contribution is -0.119. The van der Waals surface area contributed by atoms with E-state index in [1.807, 2.05) is 54.8 Å². The van der Waals surface area contributed by atoms with E-state index in [9.17, 15) is 4.79 Å². The van der Waals surface area contributed by atoms with Crippen LogP contribution in [0.2, 0.25) is 0 Å². The second-order valence-electron chi connectivity index (χ2n) is 6.64. The number of benzene rings is 2. The maximum Gasteiger partial charge on any atom is 0.227 e. The number of fused-ring (bicyclic) bond motifs is 1. The molecule has 0 bridgehead atoms. The van der Waals surface area contributed by atoms with Crippen LogP contribution in [0.4, 0.5) is 5.69 Å². The zero-order chi connectivity index (χ0) is 19.5. The van der Waals surface area contributed by atoms with Gasteiger partial charge < -0.3 is 15.0 Å². The van der Waals surface area contributed by atoms with Gasteiger partial charge in [-0.15, -0.1) is 11.3 Å². The van der Waals surface area contributed by atoms with Crippen LogP contribution in [-0.4, -0.2) is 28.0 Å². The summed E-state index contributed by atoms with van der Waals surface area (Å²) in [6, 6.07) is 13.4. The van der Waals surface area contributed by atoms with Gasteiger partial charge in [0.25, 0.3) is 0 Å². The summed E-state index contributed by atoms with van der Waals surface area (Å²) < 4.78 is 5.25. The first-order valence-electron chi connectivity index (χ1n) is 8.94. The molecule has 28 heavy (non-hydrogen) atoms. The summed E-state index contributed by atoms with van der Waals surface area (Å²) in [6.07, 6.45) is 0.642. The highest BCUT2D eigenvalue weighted by molar-refractivity contribution is 7.07. The van der Waals surface area contributed by atoms with Crippen LogP contribution in [0.15, 0.2) is 53.4 Å². The Labute approximate surface area is 166 Å². The van der Waals surface area contributed by atoms with Crippen LogP contribution >= 0.6 is 11.3 Å². The molecule has 7 heteroatoms. The first-order chi connectivity index (χ1) is 13.6. The highest BCUT2D eigenvalue weighted by Gasteiger charge is 2.15. The highest BCUT2D eigenvalue weighted by atomic mass is 32.1. The standard InChI is InChI=1S/C21H20N4O2S/c1-13(8-14-4-3-5-16(9-14)27-2)21(26)23-15-6-7-17-18(10-15)25-20(24-17)19-11-28-12-22-19/h3-7,9-13H,8H2,1-2H3,(H,23,26)(H,24,25)/t13-/m1/s1. The van der Waals surface area contributed by atoms with Crippen LogP contribution in [0.1, 0.15) is 12.5 Å². The lowest BCUT2D eigenvalue weighted by Crippen LogP contribution is -2.22. The van der Waals surface area contributed by atoms with E-state index >= 15 is 0 Å². The molecule has 0 saturated heterocycles. The molecule has 1 amide bonds. The van der Waals surface area contributed by atoms with Crippen molar-refractivity contribution < 1.29 is 9.53 Å². The van der Waals surface area contributed by atoms with E-state index in [1.54, 1.807) is 12.6 Å². The first-order valence-corrected chi connectivity index (χ1v) is 9.89. The quantitative estimate of drug-likeness (QED) is 0.506. The van der Waals surface area contributed by atoms with Crippen molar-refractivity contribution >= 4 is 34.0 Å². The molecule has 142 valence electrons. The fourth-order valence-electron chi connectivity index (χ4n) is 3.05. The number of carbonyl (C=O) groups excluding carboxylic acids is 1. The number of ether oxygens (including phenoxy) is 1. The molecule has 0 spiro atoms. The minimum absolute atomic E-state index is 0.0265. The van der Waals surface area contributed by atoms with Gasteiger partial charge in [-0.1, -0.05) is 19.1 Å². The minimum Gasteiger partial charge on any atom is -0.497 e. The Morgan fingerprint density at radius 3 is 2.96 bits per heavy atom. The molecule has 2 aromatic heterocycles. The van der Waals surface area contributed by atoms with Crippen LogP contribution < -0.4 is 10.1 Å². The lowest BCUT2D eigenvalue weighted by atomic mass is 10.00. The van der Waals surface area contributed by atoms with Crippen LogP contribution in [0, 0.1) is 5.92 Å². The molecule has 0 saturated carbocycles. The Kier molecular flexibility index (Phi) is 5.08. The Bertz CT molecular complexity index is 1100. The van der Waals surface area contributed by atoms with Crippen molar-refractivity contribution in [1.82, 2.24) is 15.0 Å².